The Kier molecular flexibility index (Phi) is 10.5. The first-order valence-corrected chi connectivity index (χ1v) is 11.2. The number of ether oxygens (including phenoxy) is 3. The van der Waals surface area contributed by atoms with E-state index in [1.165, 1.54) is 6.08 Å². The number of nitriles is 1. The van der Waals surface area contributed by atoms with Crippen LogP contribution in [0.1, 0.15) is 25.0 Å². The number of hydrogen-bond donors (Lipinski definition) is 1. The van der Waals surface area contributed by atoms with Crippen molar-refractivity contribution in [2.24, 2.45) is 0 Å². The molecule has 0 saturated heterocycles. The summed E-state index contributed by atoms with van der Waals surface area (Å²) in [5.41, 5.74) is 1.69. The zero-order valence-electron chi connectivity index (χ0n) is 18.0. The van der Waals surface area contributed by atoms with Gasteiger partial charge in [-0.3, -0.25) is 4.79 Å². The Morgan fingerprint density at radius 3 is 2.53 bits per heavy atom. The van der Waals surface area contributed by atoms with Crippen LogP contribution in [0.5, 0.6) is 11.5 Å². The van der Waals surface area contributed by atoms with Gasteiger partial charge in [-0.15, -0.1) is 0 Å². The molecule has 32 heavy (non-hydrogen) atoms. The van der Waals surface area contributed by atoms with Gasteiger partial charge in [-0.2, -0.15) is 5.26 Å². The van der Waals surface area contributed by atoms with Crippen LogP contribution < -0.4 is 14.8 Å². The summed E-state index contributed by atoms with van der Waals surface area (Å²) in [6.45, 7) is 4.37. The van der Waals surface area contributed by atoms with Crippen LogP contribution >= 0.6 is 22.6 Å². The highest BCUT2D eigenvalue weighted by Crippen LogP contribution is 2.35. The molecule has 168 valence electrons. The first-order valence-electron chi connectivity index (χ1n) is 10.2. The van der Waals surface area contributed by atoms with Gasteiger partial charge in [-0.1, -0.05) is 30.3 Å². The van der Waals surface area contributed by atoms with Crippen molar-refractivity contribution in [1.82, 2.24) is 5.32 Å². The zero-order valence-corrected chi connectivity index (χ0v) is 20.2. The quantitative estimate of drug-likeness (QED) is 0.198. The first kappa shape index (κ1) is 25.2. The van der Waals surface area contributed by atoms with Gasteiger partial charge in [0.05, 0.1) is 16.8 Å². The number of hydrogen-bond acceptors (Lipinski definition) is 6. The van der Waals surface area contributed by atoms with Gasteiger partial charge >= 0.3 is 5.97 Å². The minimum atomic E-state index is -0.478. The van der Waals surface area contributed by atoms with Crippen LogP contribution in [-0.4, -0.2) is 38.2 Å². The van der Waals surface area contributed by atoms with Gasteiger partial charge in [-0.05, 0) is 72.2 Å². The van der Waals surface area contributed by atoms with Gasteiger partial charge in [0, 0.05) is 6.54 Å². The van der Waals surface area contributed by atoms with E-state index in [2.05, 4.69) is 27.9 Å². The summed E-state index contributed by atoms with van der Waals surface area (Å²) in [7, 11) is 0. The normalized spacial score (nSPS) is 10.8. The van der Waals surface area contributed by atoms with E-state index in [1.54, 1.807) is 19.1 Å². The summed E-state index contributed by atoms with van der Waals surface area (Å²) in [5, 5.41) is 12.3. The maximum atomic E-state index is 12.5. The second-order valence-corrected chi connectivity index (χ2v) is 7.68. The molecule has 1 amide bonds. The maximum absolute atomic E-state index is 12.5. The van der Waals surface area contributed by atoms with Crippen LogP contribution in [0.4, 0.5) is 0 Å². The second kappa shape index (κ2) is 13.4. The van der Waals surface area contributed by atoms with E-state index in [0.717, 1.165) is 5.56 Å². The molecule has 2 aromatic rings. The standard InChI is InChI=1S/C24H25IN2O5/c1-3-30-21-14-18(13-20(25)23(21)32-16-22(28)31-4-2)12-19(15-26)24(29)27-11-10-17-8-6-5-7-9-17/h5-9,12-14H,3-4,10-11,16H2,1-2H3,(H,27,29)/b19-12+. The zero-order chi connectivity index (χ0) is 23.3. The fraction of sp³-hybridized carbons (Fsp3) is 0.292. The van der Waals surface area contributed by atoms with E-state index in [1.807, 2.05) is 43.3 Å². The Hall–Kier alpha value is -3.06. The van der Waals surface area contributed by atoms with E-state index in [-0.39, 0.29) is 18.8 Å². The summed E-state index contributed by atoms with van der Waals surface area (Å²) in [6, 6.07) is 15.1. The molecule has 7 nitrogen and oxygen atoms in total. The smallest absolute Gasteiger partial charge is 0.344 e. The molecule has 0 aliphatic heterocycles. The molecule has 0 aliphatic rings. The lowest BCUT2D eigenvalue weighted by atomic mass is 10.1. The molecule has 0 aromatic heterocycles. The molecule has 0 bridgehead atoms. The monoisotopic (exact) mass is 548 g/mol. The summed E-state index contributed by atoms with van der Waals surface area (Å²) in [6.07, 6.45) is 2.17. The SMILES string of the molecule is CCOC(=O)COc1c(I)cc(/C=C(\C#N)C(=O)NCCc2ccccc2)cc1OCC. The number of halogens is 1. The Labute approximate surface area is 201 Å². The van der Waals surface area contributed by atoms with Crippen LogP contribution in [0.25, 0.3) is 6.08 Å². The second-order valence-electron chi connectivity index (χ2n) is 6.52. The lowest BCUT2D eigenvalue weighted by Crippen LogP contribution is -2.26. The maximum Gasteiger partial charge on any atom is 0.344 e. The summed E-state index contributed by atoms with van der Waals surface area (Å²) in [5.74, 6) is -0.104. The number of nitrogens with one attached hydrogen (secondary N) is 1. The van der Waals surface area contributed by atoms with Crippen molar-refractivity contribution in [3.8, 4) is 17.6 Å². The summed E-state index contributed by atoms with van der Waals surface area (Å²) in [4.78, 5) is 24.1. The van der Waals surface area contributed by atoms with Crippen molar-refractivity contribution in [3.05, 3.63) is 62.7 Å². The van der Waals surface area contributed by atoms with Gasteiger partial charge < -0.3 is 19.5 Å². The van der Waals surface area contributed by atoms with Gasteiger partial charge in [0.1, 0.15) is 11.6 Å². The predicted octanol–water partition coefficient (Wildman–Crippen LogP) is 3.90. The Morgan fingerprint density at radius 1 is 1.12 bits per heavy atom. The van der Waals surface area contributed by atoms with Crippen molar-refractivity contribution in [3.63, 3.8) is 0 Å². The van der Waals surface area contributed by atoms with Crippen molar-refractivity contribution in [2.45, 2.75) is 20.3 Å². The number of rotatable bonds is 11. The highest BCUT2D eigenvalue weighted by molar-refractivity contribution is 14.1. The molecule has 2 rings (SSSR count). The van der Waals surface area contributed by atoms with Crippen molar-refractivity contribution < 1.29 is 23.8 Å². The topological polar surface area (TPSA) is 97.7 Å². The molecule has 0 heterocycles. The predicted molar refractivity (Wildman–Crippen MR) is 129 cm³/mol. The Morgan fingerprint density at radius 2 is 1.88 bits per heavy atom. The average Bonchev–Trinajstić information content (AvgIpc) is 2.78. The van der Waals surface area contributed by atoms with Crippen LogP contribution in [-0.2, 0) is 20.7 Å². The molecule has 0 spiro atoms. The first-order chi connectivity index (χ1) is 15.5. The van der Waals surface area contributed by atoms with Crippen LogP contribution in [0.15, 0.2) is 48.0 Å². The van der Waals surface area contributed by atoms with Gasteiger partial charge in [-0.25, -0.2) is 4.79 Å². The number of nitrogens with zero attached hydrogens (tertiary/aromatic N) is 1. The van der Waals surface area contributed by atoms with Crippen molar-refractivity contribution in [2.75, 3.05) is 26.4 Å². The molecule has 1 N–H and O–H groups in total. The fourth-order valence-corrected chi connectivity index (χ4v) is 3.56. The summed E-state index contributed by atoms with van der Waals surface area (Å²) < 4.78 is 16.8. The van der Waals surface area contributed by atoms with Gasteiger partial charge in [0.15, 0.2) is 18.1 Å². The molecule has 8 heteroatoms. The lowest BCUT2D eigenvalue weighted by molar-refractivity contribution is -0.145. The van der Waals surface area contributed by atoms with Gasteiger partial charge in [0.25, 0.3) is 5.91 Å². The molecule has 0 unspecified atom stereocenters. The van der Waals surface area contributed by atoms with Crippen LogP contribution in [0.2, 0.25) is 0 Å². The third kappa shape index (κ3) is 7.89. The minimum Gasteiger partial charge on any atom is -0.490 e. The molecule has 0 fully saturated rings. The Balaban J connectivity index is 2.14. The Bertz CT molecular complexity index is 999. The van der Waals surface area contributed by atoms with Crippen molar-refractivity contribution in [1.29, 1.82) is 5.26 Å². The van der Waals surface area contributed by atoms with E-state index < -0.39 is 11.9 Å². The van der Waals surface area contributed by atoms with E-state index >= 15 is 0 Å². The molecular formula is C24H25IN2O5. The largest absolute Gasteiger partial charge is 0.490 e. The number of benzene rings is 2. The third-order valence-electron chi connectivity index (χ3n) is 4.19. The molecule has 0 saturated carbocycles. The number of esters is 1. The molecule has 0 aliphatic carbocycles. The number of amides is 1. The highest BCUT2D eigenvalue weighted by atomic mass is 127. The molecule has 2 aromatic carbocycles. The van der Waals surface area contributed by atoms with Crippen molar-refractivity contribution >= 4 is 40.5 Å². The number of carbonyl (C=O) groups excluding carboxylic acids is 2. The van der Waals surface area contributed by atoms with Crippen LogP contribution in [0.3, 0.4) is 0 Å². The van der Waals surface area contributed by atoms with E-state index in [9.17, 15) is 14.9 Å². The molecule has 0 radical (unpaired) electrons. The highest BCUT2D eigenvalue weighted by Gasteiger charge is 2.15. The van der Waals surface area contributed by atoms with E-state index in [4.69, 9.17) is 14.2 Å². The average molecular weight is 548 g/mol. The lowest BCUT2D eigenvalue weighted by Gasteiger charge is -2.14. The van der Waals surface area contributed by atoms with Crippen LogP contribution in [0, 0.1) is 14.9 Å². The minimum absolute atomic E-state index is 0.0171. The summed E-state index contributed by atoms with van der Waals surface area (Å²) >= 11 is 2.05. The fourth-order valence-electron chi connectivity index (χ4n) is 2.78. The number of carbonyl (C=O) groups is 2. The van der Waals surface area contributed by atoms with Gasteiger partial charge in [0.2, 0.25) is 0 Å². The molecular weight excluding hydrogens is 523 g/mol. The third-order valence-corrected chi connectivity index (χ3v) is 4.99. The molecule has 0 atom stereocenters. The van der Waals surface area contributed by atoms with E-state index in [0.29, 0.717) is 40.2 Å².